The van der Waals surface area contributed by atoms with Crippen molar-refractivity contribution in [1.82, 2.24) is 20.4 Å². The number of nitrogens with zero attached hydrogens (tertiary/aromatic N) is 2. The fourth-order valence-corrected chi connectivity index (χ4v) is 9.76. The van der Waals surface area contributed by atoms with E-state index in [2.05, 4.69) is 20.4 Å². The number of amides is 1. The Morgan fingerprint density at radius 2 is 1.75 bits per heavy atom. The predicted molar refractivity (Wildman–Crippen MR) is 216 cm³/mol. The number of methoxy groups -OCH3 is 2. The topological polar surface area (TPSA) is 152 Å². The first-order valence-corrected chi connectivity index (χ1v) is 21.8. The number of likely N-dealkylation sites (tertiary alicyclic amines) is 1. The van der Waals surface area contributed by atoms with Gasteiger partial charge in [0.1, 0.15) is 12.1 Å². The van der Waals surface area contributed by atoms with Crippen molar-refractivity contribution < 1.29 is 38.4 Å². The van der Waals surface area contributed by atoms with Crippen LogP contribution in [-0.4, -0.2) is 108 Å². The van der Waals surface area contributed by atoms with Gasteiger partial charge in [0, 0.05) is 43.3 Å². The number of esters is 1. The van der Waals surface area contributed by atoms with Gasteiger partial charge in [0.05, 0.1) is 45.0 Å². The SMILES string of the molecule is COc1ccc(CCO[C@@H]2CCCC[C@H]2N2CC[C@@H](OC(=O)CCSSC[C@H](C(=O)N[C@@H](Cc3ccc(-c4ccn[nH]4)cc3)C(=O)O)C(C)C)C2)cc1OC. The van der Waals surface area contributed by atoms with Crippen LogP contribution < -0.4 is 14.8 Å². The maximum atomic E-state index is 13.3. The van der Waals surface area contributed by atoms with Gasteiger partial charge in [-0.05, 0) is 66.5 Å². The molecular weight excluding hydrogens is 741 g/mol. The second-order valence-corrected chi connectivity index (χ2v) is 17.2. The zero-order chi connectivity index (χ0) is 39.2. The molecule has 5 atom stereocenters. The van der Waals surface area contributed by atoms with Crippen LogP contribution in [0.5, 0.6) is 11.5 Å². The summed E-state index contributed by atoms with van der Waals surface area (Å²) in [5.74, 6) is 0.587. The van der Waals surface area contributed by atoms with Crippen molar-refractivity contribution in [3.05, 3.63) is 65.9 Å². The fourth-order valence-electron chi connectivity index (χ4n) is 7.28. The lowest BCUT2D eigenvalue weighted by Crippen LogP contribution is -2.46. The van der Waals surface area contributed by atoms with Crippen LogP contribution in [0.25, 0.3) is 11.3 Å². The van der Waals surface area contributed by atoms with E-state index < -0.39 is 12.0 Å². The number of ether oxygens (including phenoxy) is 4. The Morgan fingerprint density at radius 1 is 0.982 bits per heavy atom. The molecule has 300 valence electrons. The molecule has 1 aromatic heterocycles. The summed E-state index contributed by atoms with van der Waals surface area (Å²) in [5.41, 5.74) is 3.77. The minimum atomic E-state index is -1.08. The number of rotatable bonds is 21. The molecule has 14 heteroatoms. The van der Waals surface area contributed by atoms with Crippen molar-refractivity contribution in [2.45, 2.75) is 89.5 Å². The molecule has 2 fully saturated rings. The summed E-state index contributed by atoms with van der Waals surface area (Å²) in [7, 11) is 6.35. The van der Waals surface area contributed by atoms with Gasteiger partial charge in [-0.2, -0.15) is 5.10 Å². The first kappa shape index (κ1) is 42.4. The monoisotopic (exact) mass is 796 g/mol. The lowest BCUT2D eigenvalue weighted by atomic mass is 9.91. The van der Waals surface area contributed by atoms with E-state index in [0.717, 1.165) is 73.3 Å². The van der Waals surface area contributed by atoms with Gasteiger partial charge in [0.15, 0.2) is 11.5 Å². The average molecular weight is 797 g/mol. The lowest BCUT2D eigenvalue weighted by Gasteiger charge is -2.37. The van der Waals surface area contributed by atoms with Gasteiger partial charge in [0.25, 0.3) is 0 Å². The number of aromatic nitrogens is 2. The molecule has 5 rings (SSSR count). The number of carboxylic acids is 1. The van der Waals surface area contributed by atoms with E-state index >= 15 is 0 Å². The number of H-pyrrole nitrogens is 1. The number of aliphatic carboxylic acids is 1. The smallest absolute Gasteiger partial charge is 0.326 e. The molecule has 3 aromatic rings. The number of nitrogens with one attached hydrogen (secondary N) is 2. The number of aromatic amines is 1. The molecule has 2 aliphatic rings. The maximum Gasteiger partial charge on any atom is 0.326 e. The van der Waals surface area contributed by atoms with E-state index in [9.17, 15) is 19.5 Å². The summed E-state index contributed by atoms with van der Waals surface area (Å²) in [6, 6.07) is 14.7. The van der Waals surface area contributed by atoms with Gasteiger partial charge in [-0.3, -0.25) is 19.6 Å². The highest BCUT2D eigenvalue weighted by molar-refractivity contribution is 8.76. The summed E-state index contributed by atoms with van der Waals surface area (Å²) >= 11 is 0. The summed E-state index contributed by atoms with van der Waals surface area (Å²) in [4.78, 5) is 40.6. The first-order chi connectivity index (χ1) is 26.6. The molecular formula is C41H56N4O8S2. The van der Waals surface area contributed by atoms with Crippen molar-refractivity contribution in [2.75, 3.05) is 45.4 Å². The molecule has 55 heavy (non-hydrogen) atoms. The maximum absolute atomic E-state index is 13.3. The minimum absolute atomic E-state index is 0.0123. The van der Waals surface area contributed by atoms with Crippen LogP contribution in [0.3, 0.4) is 0 Å². The van der Waals surface area contributed by atoms with Gasteiger partial charge in [-0.15, -0.1) is 0 Å². The zero-order valence-electron chi connectivity index (χ0n) is 32.4. The van der Waals surface area contributed by atoms with E-state index in [1.54, 1.807) is 20.4 Å². The highest BCUT2D eigenvalue weighted by Crippen LogP contribution is 2.32. The van der Waals surface area contributed by atoms with Crippen molar-refractivity contribution in [1.29, 1.82) is 0 Å². The number of hydrogen-bond donors (Lipinski definition) is 3. The number of hydrogen-bond acceptors (Lipinski definition) is 11. The molecule has 1 aliphatic carbocycles. The molecule has 0 bridgehead atoms. The summed E-state index contributed by atoms with van der Waals surface area (Å²) in [6.07, 6.45) is 8.26. The molecule has 3 N–H and O–H groups in total. The number of carbonyl (C=O) groups is 3. The minimum Gasteiger partial charge on any atom is -0.493 e. The highest BCUT2D eigenvalue weighted by Gasteiger charge is 2.36. The molecule has 1 saturated carbocycles. The molecule has 1 saturated heterocycles. The van der Waals surface area contributed by atoms with E-state index in [-0.39, 0.29) is 48.8 Å². The largest absolute Gasteiger partial charge is 0.493 e. The van der Waals surface area contributed by atoms with E-state index in [1.165, 1.54) is 28.0 Å². The first-order valence-electron chi connectivity index (χ1n) is 19.3. The van der Waals surface area contributed by atoms with Gasteiger partial charge in [-0.1, -0.05) is 78.6 Å². The third-order valence-corrected chi connectivity index (χ3v) is 12.9. The number of carbonyl (C=O) groups excluding carboxylic acids is 2. The summed E-state index contributed by atoms with van der Waals surface area (Å²) in [5, 5.41) is 19.5. The third kappa shape index (κ3) is 12.6. The van der Waals surface area contributed by atoms with Crippen molar-refractivity contribution in [2.24, 2.45) is 11.8 Å². The summed E-state index contributed by atoms with van der Waals surface area (Å²) in [6.45, 7) is 6.18. The Kier molecular flexibility index (Phi) is 16.6. The Morgan fingerprint density at radius 3 is 2.45 bits per heavy atom. The van der Waals surface area contributed by atoms with Crippen LogP contribution >= 0.6 is 21.6 Å². The molecule has 12 nitrogen and oxygen atoms in total. The van der Waals surface area contributed by atoms with Crippen molar-refractivity contribution in [3.8, 4) is 22.8 Å². The Hall–Kier alpha value is -3.72. The van der Waals surface area contributed by atoms with Gasteiger partial charge >= 0.3 is 11.9 Å². The number of carboxylic acid groups (broad SMARTS) is 1. The molecule has 0 unspecified atom stereocenters. The second kappa shape index (κ2) is 21.5. The number of benzene rings is 2. The van der Waals surface area contributed by atoms with E-state index in [4.69, 9.17) is 18.9 Å². The second-order valence-electron chi connectivity index (χ2n) is 14.6. The van der Waals surface area contributed by atoms with Gasteiger partial charge < -0.3 is 29.4 Å². The molecule has 2 aromatic carbocycles. The Bertz CT molecular complexity index is 1660. The van der Waals surface area contributed by atoms with Gasteiger partial charge in [0.2, 0.25) is 5.91 Å². The van der Waals surface area contributed by atoms with Crippen molar-refractivity contribution >= 4 is 39.4 Å². The van der Waals surface area contributed by atoms with Crippen LogP contribution in [0.15, 0.2) is 54.7 Å². The molecule has 1 amide bonds. The Labute approximate surface area is 332 Å². The lowest BCUT2D eigenvalue weighted by molar-refractivity contribution is -0.148. The van der Waals surface area contributed by atoms with E-state index in [1.807, 2.05) is 62.4 Å². The fraction of sp³-hybridized carbons (Fsp3) is 0.561. The molecule has 0 radical (unpaired) electrons. The van der Waals surface area contributed by atoms with Crippen LogP contribution in [0.1, 0.15) is 63.5 Å². The molecule has 0 spiro atoms. The van der Waals surface area contributed by atoms with Crippen molar-refractivity contribution in [3.63, 3.8) is 0 Å². The van der Waals surface area contributed by atoms with Crippen LogP contribution in [0.2, 0.25) is 0 Å². The van der Waals surface area contributed by atoms with E-state index in [0.29, 0.717) is 29.9 Å². The van der Waals surface area contributed by atoms with Crippen LogP contribution in [-0.2, 0) is 36.7 Å². The standard InChI is InChI=1S/C41H56N4O8S2/c1-27(2)32(40(47)43-34(41(48)49)23-28-9-12-30(13-10-28)33-15-19-42-44-33)26-55-54-22-18-39(46)53-31-16-20-45(25-31)35-7-5-6-8-36(35)52-21-17-29-11-14-37(50-3)38(24-29)51-4/h9-15,19,24,27,31-32,34-36H,5-8,16-18,20-23,25-26H2,1-4H3,(H,42,44)(H,43,47)(H,48,49)/t31-,32+,34+,35-,36-/m1/s1. The van der Waals surface area contributed by atoms with Crippen LogP contribution in [0, 0.1) is 11.8 Å². The normalized spacial score (nSPS) is 19.8. The third-order valence-electron chi connectivity index (χ3n) is 10.5. The molecule has 2 heterocycles. The molecule has 1 aliphatic heterocycles. The predicted octanol–water partition coefficient (Wildman–Crippen LogP) is 6.44. The van der Waals surface area contributed by atoms with Gasteiger partial charge in [-0.25, -0.2) is 4.79 Å². The average Bonchev–Trinajstić information content (AvgIpc) is 3.89. The van der Waals surface area contributed by atoms with Crippen LogP contribution in [0.4, 0.5) is 0 Å². The quantitative estimate of drug-likeness (QED) is 0.0619. The zero-order valence-corrected chi connectivity index (χ0v) is 34.0. The summed E-state index contributed by atoms with van der Waals surface area (Å²) < 4.78 is 23.2. The Balaban J connectivity index is 0.992. The highest BCUT2D eigenvalue weighted by atomic mass is 33.1.